The van der Waals surface area contributed by atoms with Gasteiger partial charge in [0.2, 0.25) is 0 Å². The minimum Gasteiger partial charge on any atom is -0.342 e. The molecule has 100 valence electrons. The molecule has 1 aliphatic rings. The van der Waals surface area contributed by atoms with Gasteiger partial charge in [-0.3, -0.25) is 4.79 Å². The summed E-state index contributed by atoms with van der Waals surface area (Å²) >= 11 is 3.16. The average Bonchev–Trinajstić information content (AvgIpc) is 3.08. The van der Waals surface area contributed by atoms with Crippen LogP contribution in [0.2, 0.25) is 0 Å². The van der Waals surface area contributed by atoms with E-state index in [0.717, 1.165) is 22.7 Å². The first kappa shape index (κ1) is 12.8. The lowest BCUT2D eigenvalue weighted by atomic mass is 9.94. The summed E-state index contributed by atoms with van der Waals surface area (Å²) in [4.78, 5) is 17.5. The summed E-state index contributed by atoms with van der Waals surface area (Å²) in [6, 6.07) is -0.0196. The zero-order valence-corrected chi connectivity index (χ0v) is 12.4. The maximum Gasteiger partial charge on any atom is 0.262 e. The summed E-state index contributed by atoms with van der Waals surface area (Å²) in [7, 11) is 0. The van der Waals surface area contributed by atoms with Crippen LogP contribution in [0.1, 0.15) is 51.6 Å². The molecular weight excluding hydrogens is 276 g/mol. The Morgan fingerprint density at radius 1 is 1.37 bits per heavy atom. The normalized spacial score (nSPS) is 15.8. The standard InChI is InChI=1S/C14H16N2OS2/c1-9(14-15-6-7-18-14)16-13(17)12-11-5-3-2-4-10(11)8-19-12/h6-9H,2-5H2,1H3,(H,16,17)/t9-/m0/s1. The first-order chi connectivity index (χ1) is 9.25. The lowest BCUT2D eigenvalue weighted by molar-refractivity contribution is 0.0943. The average molecular weight is 292 g/mol. The molecule has 2 heterocycles. The SMILES string of the molecule is C[C@H](NC(=O)c1scc2c1CCCC2)c1nccs1. The fraction of sp³-hybridized carbons (Fsp3) is 0.429. The second kappa shape index (κ2) is 5.43. The molecular formula is C14H16N2OS2. The summed E-state index contributed by atoms with van der Waals surface area (Å²) in [5.74, 6) is 0.0517. The van der Waals surface area contributed by atoms with Crippen molar-refractivity contribution < 1.29 is 4.79 Å². The number of hydrogen-bond donors (Lipinski definition) is 1. The van der Waals surface area contributed by atoms with Crippen molar-refractivity contribution in [1.82, 2.24) is 10.3 Å². The summed E-state index contributed by atoms with van der Waals surface area (Å²) in [5, 5.41) is 8.10. The van der Waals surface area contributed by atoms with E-state index in [-0.39, 0.29) is 11.9 Å². The van der Waals surface area contributed by atoms with Crippen LogP contribution in [0.4, 0.5) is 0 Å². The Kier molecular flexibility index (Phi) is 3.66. The van der Waals surface area contributed by atoms with E-state index in [4.69, 9.17) is 0 Å². The van der Waals surface area contributed by atoms with Crippen LogP contribution in [-0.2, 0) is 12.8 Å². The number of nitrogens with one attached hydrogen (secondary N) is 1. The molecule has 5 heteroatoms. The van der Waals surface area contributed by atoms with Crippen LogP contribution < -0.4 is 5.32 Å². The largest absolute Gasteiger partial charge is 0.342 e. The summed E-state index contributed by atoms with van der Waals surface area (Å²) < 4.78 is 0. The molecule has 2 aromatic heterocycles. The van der Waals surface area contributed by atoms with Gasteiger partial charge in [-0.25, -0.2) is 4.98 Å². The molecule has 1 aliphatic carbocycles. The molecule has 1 atom stereocenters. The van der Waals surface area contributed by atoms with Crippen LogP contribution in [0.5, 0.6) is 0 Å². The van der Waals surface area contributed by atoms with Gasteiger partial charge in [-0.05, 0) is 49.1 Å². The van der Waals surface area contributed by atoms with Gasteiger partial charge < -0.3 is 5.32 Å². The molecule has 3 rings (SSSR count). The molecule has 0 bridgehead atoms. The van der Waals surface area contributed by atoms with E-state index < -0.39 is 0 Å². The highest BCUT2D eigenvalue weighted by Crippen LogP contribution is 2.30. The number of rotatable bonds is 3. The van der Waals surface area contributed by atoms with E-state index >= 15 is 0 Å². The maximum absolute atomic E-state index is 12.4. The number of fused-ring (bicyclic) bond motifs is 1. The van der Waals surface area contributed by atoms with E-state index in [9.17, 15) is 4.79 Å². The van der Waals surface area contributed by atoms with Crippen LogP contribution >= 0.6 is 22.7 Å². The Labute approximate surface area is 120 Å². The number of amides is 1. The van der Waals surface area contributed by atoms with Gasteiger partial charge >= 0.3 is 0 Å². The van der Waals surface area contributed by atoms with Gasteiger partial charge in [-0.2, -0.15) is 0 Å². The Bertz CT molecular complexity index is 574. The Morgan fingerprint density at radius 3 is 3.00 bits per heavy atom. The van der Waals surface area contributed by atoms with Gasteiger partial charge in [0.1, 0.15) is 5.01 Å². The first-order valence-corrected chi connectivity index (χ1v) is 8.31. The molecule has 0 saturated heterocycles. The highest BCUT2D eigenvalue weighted by molar-refractivity contribution is 7.12. The van der Waals surface area contributed by atoms with Crippen molar-refractivity contribution in [3.63, 3.8) is 0 Å². The lowest BCUT2D eigenvalue weighted by Gasteiger charge is -2.14. The monoisotopic (exact) mass is 292 g/mol. The smallest absolute Gasteiger partial charge is 0.262 e. The van der Waals surface area contributed by atoms with Crippen molar-refractivity contribution in [2.45, 2.75) is 38.6 Å². The predicted octanol–water partition coefficient (Wildman–Crippen LogP) is 3.57. The summed E-state index contributed by atoms with van der Waals surface area (Å²) in [5.41, 5.74) is 2.66. The number of aryl methyl sites for hydroxylation is 1. The molecule has 0 aromatic carbocycles. The molecule has 0 aliphatic heterocycles. The van der Waals surface area contributed by atoms with Crippen molar-refractivity contribution in [2.24, 2.45) is 0 Å². The third-order valence-corrected chi connectivity index (χ3v) is 5.51. The summed E-state index contributed by atoms with van der Waals surface area (Å²) in [6.45, 7) is 1.98. The topological polar surface area (TPSA) is 42.0 Å². The van der Waals surface area contributed by atoms with Crippen molar-refractivity contribution in [1.29, 1.82) is 0 Å². The molecule has 19 heavy (non-hydrogen) atoms. The number of carbonyl (C=O) groups excluding carboxylic acids is 1. The van der Waals surface area contributed by atoms with E-state index in [1.807, 2.05) is 12.3 Å². The van der Waals surface area contributed by atoms with Gasteiger partial charge in [0.15, 0.2) is 0 Å². The zero-order valence-electron chi connectivity index (χ0n) is 10.8. The molecule has 1 amide bonds. The molecule has 1 N–H and O–H groups in total. The highest BCUT2D eigenvalue weighted by Gasteiger charge is 2.21. The fourth-order valence-corrected chi connectivity index (χ4v) is 4.19. The third-order valence-electron chi connectivity index (χ3n) is 3.48. The van der Waals surface area contributed by atoms with Crippen molar-refractivity contribution in [3.05, 3.63) is 38.0 Å². The molecule has 0 radical (unpaired) electrons. The van der Waals surface area contributed by atoms with E-state index in [0.29, 0.717) is 0 Å². The van der Waals surface area contributed by atoms with Gasteiger partial charge in [-0.15, -0.1) is 22.7 Å². The summed E-state index contributed by atoms with van der Waals surface area (Å²) in [6.07, 6.45) is 6.40. The molecule has 0 spiro atoms. The number of carbonyl (C=O) groups is 1. The Hall–Kier alpha value is -1.20. The highest BCUT2D eigenvalue weighted by atomic mass is 32.1. The molecule has 0 unspecified atom stereocenters. The van der Waals surface area contributed by atoms with Crippen LogP contribution in [0, 0.1) is 0 Å². The Balaban J connectivity index is 1.75. The van der Waals surface area contributed by atoms with Crippen LogP contribution in [0.3, 0.4) is 0 Å². The van der Waals surface area contributed by atoms with Gasteiger partial charge in [-0.1, -0.05) is 0 Å². The third kappa shape index (κ3) is 2.58. The minimum atomic E-state index is -0.0196. The number of aromatic nitrogens is 1. The minimum absolute atomic E-state index is 0.0196. The molecule has 2 aromatic rings. The van der Waals surface area contributed by atoms with Crippen LogP contribution in [0.25, 0.3) is 0 Å². The second-order valence-corrected chi connectivity index (χ2v) is 6.65. The van der Waals surface area contributed by atoms with Gasteiger partial charge in [0.25, 0.3) is 5.91 Å². The lowest BCUT2D eigenvalue weighted by Crippen LogP contribution is -2.26. The van der Waals surface area contributed by atoms with E-state index in [1.165, 1.54) is 24.0 Å². The first-order valence-electron chi connectivity index (χ1n) is 6.55. The zero-order chi connectivity index (χ0) is 13.2. The maximum atomic E-state index is 12.4. The van der Waals surface area contributed by atoms with Gasteiger partial charge in [0, 0.05) is 11.6 Å². The number of thiazole rings is 1. The number of hydrogen-bond acceptors (Lipinski definition) is 4. The van der Waals surface area contributed by atoms with Crippen LogP contribution in [-0.4, -0.2) is 10.9 Å². The number of thiophene rings is 1. The number of nitrogens with zero attached hydrogens (tertiary/aromatic N) is 1. The van der Waals surface area contributed by atoms with Crippen molar-refractivity contribution >= 4 is 28.6 Å². The van der Waals surface area contributed by atoms with Crippen molar-refractivity contribution in [2.75, 3.05) is 0 Å². The van der Waals surface area contributed by atoms with E-state index in [1.54, 1.807) is 28.9 Å². The molecule has 0 saturated carbocycles. The van der Waals surface area contributed by atoms with Crippen LogP contribution in [0.15, 0.2) is 17.0 Å². The molecule has 0 fully saturated rings. The van der Waals surface area contributed by atoms with Crippen molar-refractivity contribution in [3.8, 4) is 0 Å². The fourth-order valence-electron chi connectivity index (χ4n) is 2.48. The van der Waals surface area contributed by atoms with E-state index in [2.05, 4.69) is 15.7 Å². The second-order valence-electron chi connectivity index (χ2n) is 4.84. The molecule has 3 nitrogen and oxygen atoms in total. The Morgan fingerprint density at radius 2 is 2.21 bits per heavy atom. The quantitative estimate of drug-likeness (QED) is 0.939. The van der Waals surface area contributed by atoms with Gasteiger partial charge in [0.05, 0.1) is 10.9 Å². The predicted molar refractivity (Wildman–Crippen MR) is 79.0 cm³/mol.